The number of hydrogen-bond donors (Lipinski definition) is 1. The number of thiophene rings is 1. The summed E-state index contributed by atoms with van der Waals surface area (Å²) in [6.07, 6.45) is 5.78. The van der Waals surface area contributed by atoms with Crippen LogP contribution >= 0.6 is 33.9 Å². The second kappa shape index (κ2) is 12.4. The quantitative estimate of drug-likeness (QED) is 0.176. The Balaban J connectivity index is 1.61. The predicted molar refractivity (Wildman–Crippen MR) is 150 cm³/mol. The Morgan fingerprint density at radius 2 is 1.94 bits per heavy atom. The molecule has 7 nitrogen and oxygen atoms in total. The van der Waals surface area contributed by atoms with Crippen LogP contribution in [0.15, 0.2) is 47.5 Å². The Labute approximate surface area is 228 Å². The fourth-order valence-corrected chi connectivity index (χ4v) is 6.02. The maximum atomic E-state index is 13.3. The van der Waals surface area contributed by atoms with Crippen LogP contribution in [0, 0.1) is 3.57 Å². The number of aliphatic imine (C=N–C) groups is 1. The molecule has 1 aliphatic carbocycles. The van der Waals surface area contributed by atoms with Gasteiger partial charge in [0.05, 0.1) is 22.9 Å². The zero-order valence-corrected chi connectivity index (χ0v) is 23.1. The van der Waals surface area contributed by atoms with Gasteiger partial charge in [-0.15, -0.1) is 11.3 Å². The normalized spacial score (nSPS) is 12.8. The summed E-state index contributed by atoms with van der Waals surface area (Å²) in [6.45, 7) is 1.84. The predicted octanol–water partition coefficient (Wildman–Crippen LogP) is 6.18. The number of ether oxygens (including phenoxy) is 3. The minimum absolute atomic E-state index is 0.136. The maximum Gasteiger partial charge on any atom is 0.344 e. The summed E-state index contributed by atoms with van der Waals surface area (Å²) in [5, 5.41) is 3.72. The average molecular weight is 618 g/mol. The van der Waals surface area contributed by atoms with Gasteiger partial charge in [-0.25, -0.2) is 9.79 Å². The highest BCUT2D eigenvalue weighted by atomic mass is 127. The SMILES string of the molecule is CCOC(=O)COc1c(I)cc(C=Nc2sc3c(c2C(=O)Nc2ccccc2)CCCC3)cc1OC. The molecule has 1 N–H and O–H groups in total. The van der Waals surface area contributed by atoms with E-state index in [1.54, 1.807) is 37.7 Å². The minimum Gasteiger partial charge on any atom is -0.493 e. The van der Waals surface area contributed by atoms with E-state index in [0.717, 1.165) is 46.1 Å². The van der Waals surface area contributed by atoms with Crippen LogP contribution in [0.1, 0.15) is 46.1 Å². The standard InChI is InChI=1S/C27H27IN2O5S/c1-3-34-23(31)16-35-25-20(28)13-17(14-21(25)33-2)15-29-27-24(19-11-7-8-12-22(19)36-27)26(32)30-18-9-5-4-6-10-18/h4-6,9-10,13-15H,3,7-8,11-12,16H2,1-2H3,(H,30,32). The molecule has 1 aliphatic rings. The largest absolute Gasteiger partial charge is 0.493 e. The number of para-hydroxylation sites is 1. The number of carbonyl (C=O) groups is 2. The smallest absolute Gasteiger partial charge is 0.344 e. The molecule has 188 valence electrons. The van der Waals surface area contributed by atoms with Crippen molar-refractivity contribution >= 4 is 62.7 Å². The van der Waals surface area contributed by atoms with Crippen LogP contribution in [0.4, 0.5) is 10.7 Å². The van der Waals surface area contributed by atoms with E-state index in [0.29, 0.717) is 28.7 Å². The van der Waals surface area contributed by atoms with E-state index in [2.05, 4.69) is 27.9 Å². The van der Waals surface area contributed by atoms with Crippen molar-refractivity contribution in [1.82, 2.24) is 0 Å². The molecule has 9 heteroatoms. The van der Waals surface area contributed by atoms with Crippen LogP contribution in [0.3, 0.4) is 0 Å². The Morgan fingerprint density at radius 1 is 1.17 bits per heavy atom. The van der Waals surface area contributed by atoms with E-state index in [1.807, 2.05) is 36.4 Å². The lowest BCUT2D eigenvalue weighted by atomic mass is 9.95. The zero-order valence-electron chi connectivity index (χ0n) is 20.1. The number of carbonyl (C=O) groups excluding carboxylic acids is 2. The van der Waals surface area contributed by atoms with E-state index < -0.39 is 5.97 Å². The molecule has 0 bridgehead atoms. The number of hydrogen-bond acceptors (Lipinski definition) is 7. The van der Waals surface area contributed by atoms with E-state index in [1.165, 1.54) is 4.88 Å². The summed E-state index contributed by atoms with van der Waals surface area (Å²) in [5.41, 5.74) is 3.32. The van der Waals surface area contributed by atoms with Gasteiger partial charge >= 0.3 is 5.97 Å². The number of aryl methyl sites for hydroxylation is 1. The first-order valence-electron chi connectivity index (χ1n) is 11.7. The van der Waals surface area contributed by atoms with Gasteiger partial charge in [-0.05, 0) is 90.6 Å². The van der Waals surface area contributed by atoms with Crippen molar-refractivity contribution in [1.29, 1.82) is 0 Å². The molecule has 2 aromatic carbocycles. The third-order valence-electron chi connectivity index (χ3n) is 5.63. The van der Waals surface area contributed by atoms with Crippen molar-refractivity contribution in [2.75, 3.05) is 25.6 Å². The van der Waals surface area contributed by atoms with Gasteiger partial charge in [-0.2, -0.15) is 0 Å². The van der Waals surface area contributed by atoms with Gasteiger partial charge in [0.1, 0.15) is 5.00 Å². The van der Waals surface area contributed by atoms with Gasteiger partial charge in [0.2, 0.25) is 0 Å². The van der Waals surface area contributed by atoms with Gasteiger partial charge < -0.3 is 19.5 Å². The number of rotatable bonds is 9. The van der Waals surface area contributed by atoms with Crippen molar-refractivity contribution in [2.24, 2.45) is 4.99 Å². The summed E-state index contributed by atoms with van der Waals surface area (Å²) in [4.78, 5) is 31.0. The number of halogens is 1. The van der Waals surface area contributed by atoms with Crippen molar-refractivity contribution in [3.8, 4) is 11.5 Å². The van der Waals surface area contributed by atoms with Crippen molar-refractivity contribution < 1.29 is 23.8 Å². The first-order chi connectivity index (χ1) is 17.5. The summed E-state index contributed by atoms with van der Waals surface area (Å²) in [5.74, 6) is 0.379. The number of anilines is 1. The zero-order chi connectivity index (χ0) is 25.5. The molecule has 1 heterocycles. The number of nitrogens with one attached hydrogen (secondary N) is 1. The van der Waals surface area contributed by atoms with Gasteiger partial charge in [0.15, 0.2) is 18.1 Å². The molecule has 1 amide bonds. The Morgan fingerprint density at radius 3 is 2.69 bits per heavy atom. The van der Waals surface area contributed by atoms with Crippen LogP contribution < -0.4 is 14.8 Å². The number of amides is 1. The van der Waals surface area contributed by atoms with Crippen LogP contribution in [-0.4, -0.2) is 38.4 Å². The molecular weight excluding hydrogens is 591 g/mol. The van der Waals surface area contributed by atoms with Crippen molar-refractivity contribution in [2.45, 2.75) is 32.6 Å². The van der Waals surface area contributed by atoms with E-state index in [9.17, 15) is 9.59 Å². The molecule has 4 rings (SSSR count). The third-order valence-corrected chi connectivity index (χ3v) is 7.63. The van der Waals surface area contributed by atoms with E-state index in [4.69, 9.17) is 19.2 Å². The highest BCUT2D eigenvalue weighted by Crippen LogP contribution is 2.40. The van der Waals surface area contributed by atoms with Crippen LogP contribution in [0.2, 0.25) is 0 Å². The Hall–Kier alpha value is -2.92. The minimum atomic E-state index is -0.441. The molecular formula is C27H27IN2O5S. The molecule has 0 aliphatic heterocycles. The van der Waals surface area contributed by atoms with Crippen LogP contribution in [0.5, 0.6) is 11.5 Å². The summed E-state index contributed by atoms with van der Waals surface area (Å²) in [6, 6.07) is 13.1. The molecule has 3 aromatic rings. The highest BCUT2D eigenvalue weighted by molar-refractivity contribution is 14.1. The number of fused-ring (bicyclic) bond motifs is 1. The van der Waals surface area contributed by atoms with Gasteiger partial charge in [0, 0.05) is 16.8 Å². The van der Waals surface area contributed by atoms with E-state index in [-0.39, 0.29) is 12.5 Å². The molecule has 0 fully saturated rings. The van der Waals surface area contributed by atoms with Crippen molar-refractivity contribution in [3.05, 3.63) is 67.6 Å². The molecule has 0 unspecified atom stereocenters. The lowest BCUT2D eigenvalue weighted by Gasteiger charge is -2.13. The second-order valence-corrected chi connectivity index (χ2v) is 10.3. The molecule has 36 heavy (non-hydrogen) atoms. The molecule has 0 saturated carbocycles. The van der Waals surface area contributed by atoms with Crippen LogP contribution in [-0.2, 0) is 22.4 Å². The number of methoxy groups -OCH3 is 1. The molecule has 0 atom stereocenters. The summed E-state index contributed by atoms with van der Waals surface area (Å²) in [7, 11) is 1.54. The second-order valence-electron chi connectivity index (χ2n) is 8.10. The Bertz CT molecular complexity index is 1270. The first kappa shape index (κ1) is 26.2. The molecule has 0 saturated heterocycles. The monoisotopic (exact) mass is 618 g/mol. The summed E-state index contributed by atoms with van der Waals surface area (Å²) >= 11 is 3.72. The number of benzene rings is 2. The lowest BCUT2D eigenvalue weighted by molar-refractivity contribution is -0.145. The maximum absolute atomic E-state index is 13.3. The van der Waals surface area contributed by atoms with Gasteiger partial charge in [0.25, 0.3) is 5.91 Å². The fourth-order valence-electron chi connectivity index (χ4n) is 4.01. The lowest BCUT2D eigenvalue weighted by Crippen LogP contribution is -2.15. The molecule has 1 aromatic heterocycles. The van der Waals surface area contributed by atoms with Crippen LogP contribution in [0.25, 0.3) is 0 Å². The summed E-state index contributed by atoms with van der Waals surface area (Å²) < 4.78 is 16.9. The average Bonchev–Trinajstić information content (AvgIpc) is 3.26. The first-order valence-corrected chi connectivity index (χ1v) is 13.6. The van der Waals surface area contributed by atoms with Crippen molar-refractivity contribution in [3.63, 3.8) is 0 Å². The van der Waals surface area contributed by atoms with Gasteiger partial charge in [-0.3, -0.25) is 4.79 Å². The third kappa shape index (κ3) is 6.25. The van der Waals surface area contributed by atoms with E-state index >= 15 is 0 Å². The molecule has 0 spiro atoms. The Kier molecular flexibility index (Phi) is 8.98. The molecule has 0 radical (unpaired) electrons. The highest BCUT2D eigenvalue weighted by Gasteiger charge is 2.25. The van der Waals surface area contributed by atoms with Gasteiger partial charge in [-0.1, -0.05) is 18.2 Å². The topological polar surface area (TPSA) is 86.2 Å². The number of esters is 1. The fraction of sp³-hybridized carbons (Fsp3) is 0.296. The number of nitrogens with zero attached hydrogens (tertiary/aromatic N) is 1.